The Balaban J connectivity index is 1.73. The van der Waals surface area contributed by atoms with Crippen molar-refractivity contribution in [2.24, 2.45) is 0 Å². The summed E-state index contributed by atoms with van der Waals surface area (Å²) in [6.07, 6.45) is 6.64. The maximum atomic E-state index is 13.8. The predicted molar refractivity (Wildman–Crippen MR) is 133 cm³/mol. The fraction of sp³-hybridized carbons (Fsp3) is 0.346. The second-order valence-electron chi connectivity index (χ2n) is 8.75. The van der Waals surface area contributed by atoms with Crippen LogP contribution in [0.1, 0.15) is 53.7 Å². The van der Waals surface area contributed by atoms with E-state index in [1.54, 1.807) is 0 Å². The SMILES string of the molecule is Cc1c2c(n(-c3c(Cl)cccc3Cl)c1-c1ccc(Cl)cc1)CCN(C1CCCCC1)C2=O. The second kappa shape index (κ2) is 8.78. The number of para-hydroxylation sites is 1. The minimum atomic E-state index is 0.132. The van der Waals surface area contributed by atoms with Gasteiger partial charge in [0, 0.05) is 29.7 Å². The number of carbonyl (C=O) groups excluding carboxylic acids is 1. The Bertz CT molecular complexity index is 1160. The number of hydrogen-bond donors (Lipinski definition) is 0. The molecule has 0 radical (unpaired) electrons. The predicted octanol–water partition coefficient (Wildman–Crippen LogP) is 7.74. The molecule has 2 aliphatic rings. The van der Waals surface area contributed by atoms with E-state index >= 15 is 0 Å². The van der Waals surface area contributed by atoms with Crippen LogP contribution in [0.25, 0.3) is 16.9 Å². The highest BCUT2D eigenvalue weighted by atomic mass is 35.5. The summed E-state index contributed by atoms with van der Waals surface area (Å²) < 4.78 is 2.11. The van der Waals surface area contributed by atoms with Gasteiger partial charge in [0.1, 0.15) is 0 Å². The van der Waals surface area contributed by atoms with Gasteiger partial charge in [-0.1, -0.05) is 72.3 Å². The molecule has 1 aromatic heterocycles. The van der Waals surface area contributed by atoms with Gasteiger partial charge in [0.2, 0.25) is 0 Å². The van der Waals surface area contributed by atoms with Gasteiger partial charge in [-0.05, 0) is 55.2 Å². The van der Waals surface area contributed by atoms with Gasteiger partial charge in [-0.15, -0.1) is 0 Å². The van der Waals surface area contributed by atoms with Crippen molar-refractivity contribution < 1.29 is 4.79 Å². The third-order valence-corrected chi connectivity index (χ3v) is 7.73. The van der Waals surface area contributed by atoms with E-state index in [0.29, 0.717) is 21.1 Å². The third-order valence-electron chi connectivity index (χ3n) is 6.87. The number of amides is 1. The zero-order valence-electron chi connectivity index (χ0n) is 18.0. The maximum Gasteiger partial charge on any atom is 0.256 e. The molecule has 0 spiro atoms. The van der Waals surface area contributed by atoms with Crippen LogP contribution in [-0.2, 0) is 6.42 Å². The summed E-state index contributed by atoms with van der Waals surface area (Å²) in [7, 11) is 0. The summed E-state index contributed by atoms with van der Waals surface area (Å²) in [6.45, 7) is 2.76. The molecular weight excluding hydrogens is 463 g/mol. The van der Waals surface area contributed by atoms with Crippen molar-refractivity contribution in [3.8, 4) is 16.9 Å². The van der Waals surface area contributed by atoms with Gasteiger partial charge in [0.05, 0.1) is 27.0 Å². The monoisotopic (exact) mass is 486 g/mol. The number of fused-ring (bicyclic) bond motifs is 1. The summed E-state index contributed by atoms with van der Waals surface area (Å²) in [4.78, 5) is 15.9. The lowest BCUT2D eigenvalue weighted by molar-refractivity contribution is 0.0613. The van der Waals surface area contributed by atoms with E-state index in [2.05, 4.69) is 9.47 Å². The van der Waals surface area contributed by atoms with E-state index in [4.69, 9.17) is 34.8 Å². The number of carbonyl (C=O) groups is 1. The molecule has 2 heterocycles. The van der Waals surface area contributed by atoms with Crippen LogP contribution in [0.2, 0.25) is 15.1 Å². The number of rotatable bonds is 3. The number of hydrogen-bond acceptors (Lipinski definition) is 1. The largest absolute Gasteiger partial charge is 0.335 e. The average molecular weight is 488 g/mol. The third kappa shape index (κ3) is 3.65. The normalized spacial score (nSPS) is 17.0. The van der Waals surface area contributed by atoms with Gasteiger partial charge in [-0.25, -0.2) is 0 Å². The minimum absolute atomic E-state index is 0.132. The lowest BCUT2D eigenvalue weighted by atomic mass is 9.91. The lowest BCUT2D eigenvalue weighted by Crippen LogP contribution is -2.45. The van der Waals surface area contributed by atoms with E-state index in [0.717, 1.165) is 59.6 Å². The molecule has 1 aliphatic carbocycles. The van der Waals surface area contributed by atoms with Crippen LogP contribution in [0.4, 0.5) is 0 Å². The molecule has 0 saturated heterocycles. The maximum absolute atomic E-state index is 13.8. The highest BCUT2D eigenvalue weighted by Crippen LogP contribution is 2.42. The molecule has 1 fully saturated rings. The Morgan fingerprint density at radius 3 is 2.22 bits per heavy atom. The van der Waals surface area contributed by atoms with Crippen LogP contribution in [0.3, 0.4) is 0 Å². The summed E-state index contributed by atoms with van der Waals surface area (Å²) in [5.41, 5.74) is 5.39. The summed E-state index contributed by atoms with van der Waals surface area (Å²) in [5, 5.41) is 1.80. The van der Waals surface area contributed by atoms with Gasteiger partial charge < -0.3 is 9.47 Å². The number of halogens is 3. The van der Waals surface area contributed by atoms with E-state index in [1.165, 1.54) is 19.3 Å². The Labute approximate surface area is 203 Å². The topological polar surface area (TPSA) is 25.2 Å². The molecule has 0 unspecified atom stereocenters. The van der Waals surface area contributed by atoms with Crippen molar-refractivity contribution >= 4 is 40.7 Å². The quantitative estimate of drug-likeness (QED) is 0.371. The van der Waals surface area contributed by atoms with Crippen molar-refractivity contribution in [2.75, 3.05) is 6.54 Å². The number of nitrogens with zero attached hydrogens (tertiary/aromatic N) is 2. The number of benzene rings is 2. The molecule has 5 rings (SSSR count). The molecular formula is C26H25Cl3N2O. The molecule has 6 heteroatoms. The molecule has 3 aromatic rings. The highest BCUT2D eigenvalue weighted by Gasteiger charge is 2.37. The van der Waals surface area contributed by atoms with Gasteiger partial charge in [0.25, 0.3) is 5.91 Å². The zero-order valence-corrected chi connectivity index (χ0v) is 20.3. The number of aromatic nitrogens is 1. The van der Waals surface area contributed by atoms with E-state index in [9.17, 15) is 4.79 Å². The van der Waals surface area contributed by atoms with E-state index in [1.807, 2.05) is 49.4 Å². The molecule has 2 aromatic carbocycles. The minimum Gasteiger partial charge on any atom is -0.335 e. The summed E-state index contributed by atoms with van der Waals surface area (Å²) in [6, 6.07) is 13.6. The Hall–Kier alpha value is -1.94. The smallest absolute Gasteiger partial charge is 0.256 e. The van der Waals surface area contributed by atoms with Crippen molar-refractivity contribution in [3.05, 3.63) is 74.4 Å². The first-order valence-corrected chi connectivity index (χ1v) is 12.4. The first kappa shape index (κ1) is 21.9. The van der Waals surface area contributed by atoms with Crippen LogP contribution in [0.5, 0.6) is 0 Å². The molecule has 32 heavy (non-hydrogen) atoms. The van der Waals surface area contributed by atoms with Crippen molar-refractivity contribution in [2.45, 2.75) is 51.5 Å². The first-order chi connectivity index (χ1) is 15.5. The molecule has 1 saturated carbocycles. The summed E-state index contributed by atoms with van der Waals surface area (Å²) >= 11 is 19.5. The van der Waals surface area contributed by atoms with E-state index < -0.39 is 0 Å². The van der Waals surface area contributed by atoms with Crippen LogP contribution in [-0.4, -0.2) is 28.0 Å². The first-order valence-electron chi connectivity index (χ1n) is 11.2. The van der Waals surface area contributed by atoms with Crippen LogP contribution < -0.4 is 0 Å². The van der Waals surface area contributed by atoms with Crippen molar-refractivity contribution in [3.63, 3.8) is 0 Å². The van der Waals surface area contributed by atoms with E-state index in [-0.39, 0.29) is 5.91 Å². The van der Waals surface area contributed by atoms with Gasteiger partial charge in [0.15, 0.2) is 0 Å². The van der Waals surface area contributed by atoms with Gasteiger partial charge >= 0.3 is 0 Å². The van der Waals surface area contributed by atoms with Crippen LogP contribution in [0, 0.1) is 6.92 Å². The molecule has 0 atom stereocenters. The highest BCUT2D eigenvalue weighted by molar-refractivity contribution is 6.38. The lowest BCUT2D eigenvalue weighted by Gasteiger charge is -2.37. The molecule has 1 aliphatic heterocycles. The Morgan fingerprint density at radius 2 is 1.56 bits per heavy atom. The van der Waals surface area contributed by atoms with Gasteiger partial charge in [-0.2, -0.15) is 0 Å². The fourth-order valence-corrected chi connectivity index (χ4v) is 6.08. The Kier molecular flexibility index (Phi) is 6.00. The Morgan fingerprint density at radius 1 is 0.906 bits per heavy atom. The second-order valence-corrected chi connectivity index (χ2v) is 10.00. The zero-order chi connectivity index (χ0) is 22.4. The molecule has 3 nitrogen and oxygen atoms in total. The van der Waals surface area contributed by atoms with Crippen LogP contribution >= 0.6 is 34.8 Å². The molecule has 0 N–H and O–H groups in total. The van der Waals surface area contributed by atoms with Crippen molar-refractivity contribution in [1.82, 2.24) is 9.47 Å². The molecule has 1 amide bonds. The average Bonchev–Trinajstić information content (AvgIpc) is 3.08. The molecule has 0 bridgehead atoms. The van der Waals surface area contributed by atoms with Gasteiger partial charge in [-0.3, -0.25) is 4.79 Å². The fourth-order valence-electron chi connectivity index (χ4n) is 5.39. The van der Waals surface area contributed by atoms with Crippen molar-refractivity contribution in [1.29, 1.82) is 0 Å². The van der Waals surface area contributed by atoms with Crippen LogP contribution in [0.15, 0.2) is 42.5 Å². The molecule has 166 valence electrons. The summed E-state index contributed by atoms with van der Waals surface area (Å²) in [5.74, 6) is 0.132. The standard InChI is InChI=1S/C26H25Cl3N2O/c1-16-23-22(14-15-30(26(23)32)19-6-3-2-4-7-19)31(25-20(28)8-5-9-21(25)29)24(16)17-10-12-18(27)13-11-17/h5,8-13,19H,2-4,6-7,14-15H2,1H3.